The van der Waals surface area contributed by atoms with Gasteiger partial charge >= 0.3 is 5.97 Å². The van der Waals surface area contributed by atoms with Crippen LogP contribution < -0.4 is 0 Å². The van der Waals surface area contributed by atoms with Crippen molar-refractivity contribution in [2.24, 2.45) is 0 Å². The monoisotopic (exact) mass is 322 g/mol. The van der Waals surface area contributed by atoms with Gasteiger partial charge in [0.15, 0.2) is 6.29 Å². The maximum absolute atomic E-state index is 12.2. The summed E-state index contributed by atoms with van der Waals surface area (Å²) in [6.45, 7) is 0.248. The van der Waals surface area contributed by atoms with Gasteiger partial charge in [-0.25, -0.2) is 4.79 Å². The molecule has 0 amide bonds. The van der Waals surface area contributed by atoms with Gasteiger partial charge in [-0.3, -0.25) is 4.79 Å². The lowest BCUT2D eigenvalue weighted by Crippen LogP contribution is -2.05. The number of carbonyl (C=O) groups is 2. The first kappa shape index (κ1) is 15.2. The number of carbonyl (C=O) groups excluding carboxylic acids is 2. The van der Waals surface area contributed by atoms with Crippen LogP contribution in [0.5, 0.6) is 0 Å². The minimum atomic E-state index is -0.358. The molecule has 0 fully saturated rings. The maximum Gasteiger partial charge on any atom is 0.338 e. The number of hydrogen-bond donors (Lipinski definition) is 0. The molecule has 0 saturated heterocycles. The molecule has 0 N–H and O–H groups in total. The molecule has 0 aliphatic rings. The number of thiophene rings is 1. The van der Waals surface area contributed by atoms with Gasteiger partial charge in [-0.1, -0.05) is 42.5 Å². The van der Waals surface area contributed by atoms with Crippen LogP contribution in [-0.4, -0.2) is 12.3 Å². The molecule has 114 valence electrons. The van der Waals surface area contributed by atoms with Crippen molar-refractivity contribution in [1.29, 1.82) is 0 Å². The van der Waals surface area contributed by atoms with Gasteiger partial charge in [0.1, 0.15) is 6.61 Å². The third kappa shape index (κ3) is 3.73. The van der Waals surface area contributed by atoms with Crippen LogP contribution >= 0.6 is 11.3 Å². The van der Waals surface area contributed by atoms with Gasteiger partial charge in [-0.2, -0.15) is 0 Å². The van der Waals surface area contributed by atoms with E-state index in [4.69, 9.17) is 4.74 Å². The van der Waals surface area contributed by atoms with Gasteiger partial charge in [0.25, 0.3) is 0 Å². The number of aldehydes is 1. The second kappa shape index (κ2) is 7.03. The van der Waals surface area contributed by atoms with Gasteiger partial charge in [-0.05, 0) is 35.4 Å². The molecular weight excluding hydrogens is 308 g/mol. The summed E-state index contributed by atoms with van der Waals surface area (Å²) in [4.78, 5) is 24.6. The lowest BCUT2D eigenvalue weighted by Gasteiger charge is -2.06. The van der Waals surface area contributed by atoms with Crippen LogP contribution in [0.2, 0.25) is 0 Å². The number of ether oxygens (including phenoxy) is 1. The third-order valence-electron chi connectivity index (χ3n) is 3.34. The Morgan fingerprint density at radius 1 is 1.00 bits per heavy atom. The van der Waals surface area contributed by atoms with Crippen molar-refractivity contribution in [2.75, 3.05) is 0 Å². The van der Waals surface area contributed by atoms with E-state index in [0.717, 1.165) is 22.3 Å². The average Bonchev–Trinajstić information content (AvgIpc) is 3.10. The van der Waals surface area contributed by atoms with Crippen molar-refractivity contribution < 1.29 is 14.3 Å². The number of hydrogen-bond acceptors (Lipinski definition) is 4. The van der Waals surface area contributed by atoms with Gasteiger partial charge in [-0.15, -0.1) is 11.3 Å². The van der Waals surface area contributed by atoms with E-state index in [9.17, 15) is 9.59 Å². The van der Waals surface area contributed by atoms with Crippen LogP contribution in [0.1, 0.15) is 25.6 Å². The topological polar surface area (TPSA) is 43.4 Å². The molecule has 23 heavy (non-hydrogen) atoms. The molecule has 0 saturated carbocycles. The fraction of sp³-hybridized carbons (Fsp3) is 0.0526. The molecule has 3 aromatic rings. The largest absolute Gasteiger partial charge is 0.457 e. The fourth-order valence-corrected chi connectivity index (χ4v) is 3.00. The lowest BCUT2D eigenvalue weighted by atomic mass is 10.1. The first-order valence-electron chi connectivity index (χ1n) is 7.13. The van der Waals surface area contributed by atoms with Crippen LogP contribution in [0, 0.1) is 0 Å². The molecule has 0 unspecified atom stereocenters. The SMILES string of the molecule is O=Cc1ccc(-c2cccc(C(=O)OCc3ccccc3)c2)s1. The summed E-state index contributed by atoms with van der Waals surface area (Å²) in [5.74, 6) is -0.358. The van der Waals surface area contributed by atoms with Crippen molar-refractivity contribution >= 4 is 23.6 Å². The Morgan fingerprint density at radius 2 is 1.83 bits per heavy atom. The van der Waals surface area contributed by atoms with Gasteiger partial charge in [0.2, 0.25) is 0 Å². The Bertz CT molecular complexity index is 821. The van der Waals surface area contributed by atoms with Gasteiger partial charge < -0.3 is 4.74 Å². The molecule has 3 rings (SSSR count). The quantitative estimate of drug-likeness (QED) is 0.510. The first-order valence-corrected chi connectivity index (χ1v) is 7.94. The van der Waals surface area contributed by atoms with E-state index in [1.165, 1.54) is 11.3 Å². The second-order valence-corrected chi connectivity index (χ2v) is 6.08. The Hall–Kier alpha value is -2.72. The zero-order chi connectivity index (χ0) is 16.1. The van der Waals surface area contributed by atoms with E-state index in [2.05, 4.69) is 0 Å². The molecule has 0 radical (unpaired) electrons. The maximum atomic E-state index is 12.2. The molecular formula is C19H14O3S. The molecule has 0 atom stereocenters. The summed E-state index contributed by atoms with van der Waals surface area (Å²) in [6, 6.07) is 20.4. The van der Waals surface area contributed by atoms with Crippen molar-refractivity contribution in [3.8, 4) is 10.4 Å². The standard InChI is InChI=1S/C19H14O3S/c20-12-17-9-10-18(23-17)15-7-4-8-16(11-15)19(21)22-13-14-5-2-1-3-6-14/h1-12H,13H2. The Kier molecular flexibility index (Phi) is 4.64. The normalized spacial score (nSPS) is 10.3. The molecule has 3 nitrogen and oxygen atoms in total. The highest BCUT2D eigenvalue weighted by Gasteiger charge is 2.10. The van der Waals surface area contributed by atoms with Gasteiger partial charge in [0.05, 0.1) is 10.4 Å². The summed E-state index contributed by atoms with van der Waals surface area (Å²) in [5.41, 5.74) is 2.35. The van der Waals surface area contributed by atoms with Gasteiger partial charge in [0, 0.05) is 4.88 Å². The summed E-state index contributed by atoms with van der Waals surface area (Å²) < 4.78 is 5.34. The zero-order valence-electron chi connectivity index (χ0n) is 12.3. The summed E-state index contributed by atoms with van der Waals surface area (Å²) in [7, 11) is 0. The lowest BCUT2D eigenvalue weighted by molar-refractivity contribution is 0.0472. The highest BCUT2D eigenvalue weighted by atomic mass is 32.1. The summed E-state index contributed by atoms with van der Waals surface area (Å²) in [6.07, 6.45) is 0.826. The Morgan fingerprint density at radius 3 is 2.57 bits per heavy atom. The molecule has 1 heterocycles. The molecule has 1 aromatic heterocycles. The molecule has 0 spiro atoms. The number of rotatable bonds is 5. The van der Waals surface area contributed by atoms with E-state index in [1.54, 1.807) is 18.2 Å². The number of esters is 1. The summed E-state index contributed by atoms with van der Waals surface area (Å²) >= 11 is 1.40. The van der Waals surface area contributed by atoms with Crippen LogP contribution in [0.25, 0.3) is 10.4 Å². The van der Waals surface area contributed by atoms with Crippen molar-refractivity contribution in [3.63, 3.8) is 0 Å². The zero-order valence-corrected chi connectivity index (χ0v) is 13.1. The average molecular weight is 322 g/mol. The van der Waals surface area contributed by atoms with E-state index in [1.807, 2.05) is 48.5 Å². The molecule has 0 bridgehead atoms. The second-order valence-electron chi connectivity index (χ2n) is 4.96. The van der Waals surface area contributed by atoms with Crippen LogP contribution in [0.4, 0.5) is 0 Å². The van der Waals surface area contributed by atoms with Crippen molar-refractivity contribution in [1.82, 2.24) is 0 Å². The first-order chi connectivity index (χ1) is 11.3. The smallest absolute Gasteiger partial charge is 0.338 e. The summed E-state index contributed by atoms with van der Waals surface area (Å²) in [5, 5.41) is 0. The van der Waals surface area contributed by atoms with E-state index >= 15 is 0 Å². The third-order valence-corrected chi connectivity index (χ3v) is 4.40. The van der Waals surface area contributed by atoms with E-state index in [-0.39, 0.29) is 12.6 Å². The molecule has 4 heteroatoms. The fourth-order valence-electron chi connectivity index (χ4n) is 2.18. The molecule has 0 aliphatic carbocycles. The number of benzene rings is 2. The highest BCUT2D eigenvalue weighted by molar-refractivity contribution is 7.17. The Labute approximate surface area is 138 Å². The van der Waals surface area contributed by atoms with E-state index in [0.29, 0.717) is 10.4 Å². The Balaban J connectivity index is 1.73. The minimum absolute atomic E-state index is 0.248. The van der Waals surface area contributed by atoms with Crippen LogP contribution in [-0.2, 0) is 11.3 Å². The van der Waals surface area contributed by atoms with Crippen LogP contribution in [0.3, 0.4) is 0 Å². The van der Waals surface area contributed by atoms with Crippen LogP contribution in [0.15, 0.2) is 66.7 Å². The molecule has 2 aromatic carbocycles. The molecule has 0 aliphatic heterocycles. The van der Waals surface area contributed by atoms with E-state index < -0.39 is 0 Å². The minimum Gasteiger partial charge on any atom is -0.457 e. The highest BCUT2D eigenvalue weighted by Crippen LogP contribution is 2.28. The predicted octanol–water partition coefficient (Wildman–Crippen LogP) is 4.58. The van der Waals surface area contributed by atoms with Crippen molar-refractivity contribution in [2.45, 2.75) is 6.61 Å². The predicted molar refractivity (Wildman–Crippen MR) is 90.7 cm³/mol. The van der Waals surface area contributed by atoms with Crippen molar-refractivity contribution in [3.05, 3.63) is 82.7 Å².